The maximum absolute atomic E-state index is 11.3. The Labute approximate surface area is 97.3 Å². The van der Waals surface area contributed by atoms with Crippen LogP contribution in [-0.2, 0) is 9.53 Å². The van der Waals surface area contributed by atoms with Gasteiger partial charge in [0.25, 0.3) is 0 Å². The van der Waals surface area contributed by atoms with Crippen LogP contribution in [0.1, 0.15) is 33.1 Å². The molecule has 4 N–H and O–H groups in total. The molecule has 16 heavy (non-hydrogen) atoms. The predicted octanol–water partition coefficient (Wildman–Crippen LogP) is 0.0175. The van der Waals surface area contributed by atoms with Crippen molar-refractivity contribution < 1.29 is 14.6 Å². The van der Waals surface area contributed by atoms with Crippen molar-refractivity contribution in [3.63, 3.8) is 0 Å². The summed E-state index contributed by atoms with van der Waals surface area (Å²) in [5, 5.41) is 12.1. The van der Waals surface area contributed by atoms with E-state index in [0.717, 1.165) is 0 Å². The summed E-state index contributed by atoms with van der Waals surface area (Å²) in [7, 11) is 1.53. The SMILES string of the molecule is COCC(O)CCNC(=O)CCC(C)(C)N. The van der Waals surface area contributed by atoms with E-state index in [2.05, 4.69) is 5.32 Å². The molecule has 0 radical (unpaired) electrons. The zero-order valence-corrected chi connectivity index (χ0v) is 10.5. The minimum Gasteiger partial charge on any atom is -0.391 e. The van der Waals surface area contributed by atoms with E-state index >= 15 is 0 Å². The number of methoxy groups -OCH3 is 1. The van der Waals surface area contributed by atoms with E-state index in [4.69, 9.17) is 10.5 Å². The van der Waals surface area contributed by atoms with Gasteiger partial charge in [0.05, 0.1) is 12.7 Å². The highest BCUT2D eigenvalue weighted by Gasteiger charge is 2.13. The molecule has 0 aliphatic heterocycles. The second-order valence-corrected chi connectivity index (χ2v) is 4.74. The molecule has 0 aromatic heterocycles. The Morgan fingerprint density at radius 3 is 2.69 bits per heavy atom. The van der Waals surface area contributed by atoms with Gasteiger partial charge < -0.3 is 20.9 Å². The highest BCUT2D eigenvalue weighted by molar-refractivity contribution is 5.75. The minimum absolute atomic E-state index is 0.0249. The Bertz CT molecular complexity index is 202. The number of nitrogens with one attached hydrogen (secondary N) is 1. The predicted molar refractivity (Wildman–Crippen MR) is 63.0 cm³/mol. The van der Waals surface area contributed by atoms with E-state index in [0.29, 0.717) is 32.4 Å². The van der Waals surface area contributed by atoms with Crippen molar-refractivity contribution >= 4 is 5.91 Å². The fourth-order valence-corrected chi connectivity index (χ4v) is 1.18. The average molecular weight is 232 g/mol. The molecular formula is C11H24N2O3. The molecular weight excluding hydrogens is 208 g/mol. The standard InChI is InChI=1S/C11H24N2O3/c1-11(2,12)6-4-10(15)13-7-5-9(14)8-16-3/h9,14H,4-8,12H2,1-3H3,(H,13,15). The third-order valence-corrected chi connectivity index (χ3v) is 2.16. The van der Waals surface area contributed by atoms with Crippen LogP contribution in [-0.4, -0.2) is 42.9 Å². The Kier molecular flexibility index (Phi) is 7.29. The van der Waals surface area contributed by atoms with Gasteiger partial charge in [-0.25, -0.2) is 0 Å². The Hall–Kier alpha value is -0.650. The molecule has 0 aromatic carbocycles. The van der Waals surface area contributed by atoms with Crippen molar-refractivity contribution in [3.8, 4) is 0 Å². The first kappa shape index (κ1) is 15.3. The zero-order valence-electron chi connectivity index (χ0n) is 10.5. The summed E-state index contributed by atoms with van der Waals surface area (Å²) < 4.78 is 4.77. The van der Waals surface area contributed by atoms with E-state index in [9.17, 15) is 9.90 Å². The first-order chi connectivity index (χ1) is 7.35. The van der Waals surface area contributed by atoms with Crippen molar-refractivity contribution in [1.82, 2.24) is 5.32 Å². The zero-order chi connectivity index (χ0) is 12.6. The van der Waals surface area contributed by atoms with Crippen LogP contribution in [0.2, 0.25) is 0 Å². The van der Waals surface area contributed by atoms with Crippen LogP contribution < -0.4 is 11.1 Å². The normalized spacial score (nSPS) is 13.6. The lowest BCUT2D eigenvalue weighted by Crippen LogP contribution is -2.35. The number of carbonyl (C=O) groups is 1. The molecule has 0 fully saturated rings. The fourth-order valence-electron chi connectivity index (χ4n) is 1.18. The Balaban J connectivity index is 3.51. The first-order valence-corrected chi connectivity index (χ1v) is 5.58. The second kappa shape index (κ2) is 7.60. The molecule has 1 atom stereocenters. The number of carbonyl (C=O) groups excluding carboxylic acids is 1. The van der Waals surface area contributed by atoms with Crippen LogP contribution in [0.5, 0.6) is 0 Å². The monoisotopic (exact) mass is 232 g/mol. The molecule has 96 valence electrons. The van der Waals surface area contributed by atoms with Gasteiger partial charge in [0.15, 0.2) is 0 Å². The number of aliphatic hydroxyl groups excluding tert-OH is 1. The molecule has 1 unspecified atom stereocenters. The summed E-state index contributed by atoms with van der Waals surface area (Å²) in [6.07, 6.45) is 1.06. The molecule has 5 heteroatoms. The summed E-state index contributed by atoms with van der Waals surface area (Å²) in [6, 6.07) is 0. The molecule has 5 nitrogen and oxygen atoms in total. The molecule has 0 saturated heterocycles. The lowest BCUT2D eigenvalue weighted by atomic mass is 10.00. The van der Waals surface area contributed by atoms with Gasteiger partial charge in [-0.15, -0.1) is 0 Å². The van der Waals surface area contributed by atoms with Gasteiger partial charge in [-0.2, -0.15) is 0 Å². The molecule has 0 saturated carbocycles. The molecule has 0 rings (SSSR count). The summed E-state index contributed by atoms with van der Waals surface area (Å²) >= 11 is 0. The summed E-state index contributed by atoms with van der Waals surface area (Å²) in [5.41, 5.74) is 5.45. The highest BCUT2D eigenvalue weighted by atomic mass is 16.5. The molecule has 0 spiro atoms. The van der Waals surface area contributed by atoms with Gasteiger partial charge >= 0.3 is 0 Å². The van der Waals surface area contributed by atoms with Gasteiger partial charge in [0, 0.05) is 25.6 Å². The Morgan fingerprint density at radius 1 is 1.56 bits per heavy atom. The van der Waals surface area contributed by atoms with E-state index in [-0.39, 0.29) is 11.4 Å². The van der Waals surface area contributed by atoms with Crippen molar-refractivity contribution in [1.29, 1.82) is 0 Å². The molecule has 1 amide bonds. The topological polar surface area (TPSA) is 84.6 Å². The maximum Gasteiger partial charge on any atom is 0.220 e. The van der Waals surface area contributed by atoms with Crippen LogP contribution in [0.15, 0.2) is 0 Å². The van der Waals surface area contributed by atoms with Crippen LogP contribution in [0.3, 0.4) is 0 Å². The molecule has 0 aliphatic carbocycles. The fraction of sp³-hybridized carbons (Fsp3) is 0.909. The van der Waals surface area contributed by atoms with Crippen LogP contribution in [0, 0.1) is 0 Å². The number of amides is 1. The summed E-state index contributed by atoms with van der Waals surface area (Å²) in [5.74, 6) is -0.0249. The van der Waals surface area contributed by atoms with E-state index in [1.165, 1.54) is 7.11 Å². The van der Waals surface area contributed by atoms with Gasteiger partial charge in [-0.3, -0.25) is 4.79 Å². The molecule has 0 aliphatic rings. The van der Waals surface area contributed by atoms with Gasteiger partial charge in [-0.1, -0.05) is 0 Å². The molecule has 0 aromatic rings. The van der Waals surface area contributed by atoms with Crippen molar-refractivity contribution in [2.24, 2.45) is 5.73 Å². The Morgan fingerprint density at radius 2 is 2.19 bits per heavy atom. The third kappa shape index (κ3) is 9.89. The first-order valence-electron chi connectivity index (χ1n) is 5.58. The number of aliphatic hydroxyl groups is 1. The van der Waals surface area contributed by atoms with E-state index < -0.39 is 6.10 Å². The lowest BCUT2D eigenvalue weighted by Gasteiger charge is -2.17. The van der Waals surface area contributed by atoms with Crippen molar-refractivity contribution in [2.75, 3.05) is 20.3 Å². The number of ether oxygens (including phenoxy) is 1. The number of nitrogens with two attached hydrogens (primary N) is 1. The van der Waals surface area contributed by atoms with Crippen molar-refractivity contribution in [3.05, 3.63) is 0 Å². The van der Waals surface area contributed by atoms with E-state index in [1.807, 2.05) is 13.8 Å². The minimum atomic E-state index is -0.517. The molecule has 0 bridgehead atoms. The second-order valence-electron chi connectivity index (χ2n) is 4.74. The van der Waals surface area contributed by atoms with Gasteiger partial charge in [-0.05, 0) is 26.7 Å². The van der Waals surface area contributed by atoms with Gasteiger partial charge in [0.1, 0.15) is 0 Å². The average Bonchev–Trinajstić information content (AvgIpc) is 2.14. The van der Waals surface area contributed by atoms with Crippen molar-refractivity contribution in [2.45, 2.75) is 44.8 Å². The quantitative estimate of drug-likeness (QED) is 0.550. The maximum atomic E-state index is 11.3. The summed E-state index contributed by atoms with van der Waals surface area (Å²) in [4.78, 5) is 11.3. The van der Waals surface area contributed by atoms with Crippen LogP contribution in [0.25, 0.3) is 0 Å². The van der Waals surface area contributed by atoms with Crippen LogP contribution >= 0.6 is 0 Å². The smallest absolute Gasteiger partial charge is 0.220 e. The molecule has 0 heterocycles. The number of rotatable bonds is 8. The number of hydrogen-bond donors (Lipinski definition) is 3. The number of hydrogen-bond acceptors (Lipinski definition) is 4. The highest BCUT2D eigenvalue weighted by Crippen LogP contribution is 2.06. The van der Waals surface area contributed by atoms with Gasteiger partial charge in [0.2, 0.25) is 5.91 Å². The lowest BCUT2D eigenvalue weighted by molar-refractivity contribution is -0.121. The largest absolute Gasteiger partial charge is 0.391 e. The third-order valence-electron chi connectivity index (χ3n) is 2.16. The van der Waals surface area contributed by atoms with E-state index in [1.54, 1.807) is 0 Å². The summed E-state index contributed by atoms with van der Waals surface area (Å²) in [6.45, 7) is 4.55. The van der Waals surface area contributed by atoms with Crippen LogP contribution in [0.4, 0.5) is 0 Å².